The molecule has 0 saturated carbocycles. The zero-order valence-corrected chi connectivity index (χ0v) is 16.3. The lowest BCUT2D eigenvalue weighted by Gasteiger charge is -2.33. The number of hydrogen-bond donors (Lipinski definition) is 3. The third-order valence-corrected chi connectivity index (χ3v) is 6.02. The summed E-state index contributed by atoms with van der Waals surface area (Å²) in [6.07, 6.45) is 0. The molecule has 0 bridgehead atoms. The van der Waals surface area contributed by atoms with Gasteiger partial charge in [0, 0.05) is 17.8 Å². The molecule has 0 spiro atoms. The lowest BCUT2D eigenvalue weighted by atomic mass is 9.88. The van der Waals surface area contributed by atoms with Crippen molar-refractivity contribution >= 4 is 21.6 Å². The number of anilines is 1. The van der Waals surface area contributed by atoms with E-state index in [1.54, 1.807) is 0 Å². The van der Waals surface area contributed by atoms with Gasteiger partial charge in [0.2, 0.25) is 0 Å². The molecule has 0 radical (unpaired) electrons. The van der Waals surface area contributed by atoms with Gasteiger partial charge in [-0.15, -0.1) is 0 Å². The minimum Gasteiger partial charge on any atom is -0.345 e. The number of carbonyl (C=O) groups is 1. The third-order valence-electron chi connectivity index (χ3n) is 4.62. The van der Waals surface area contributed by atoms with Crippen molar-refractivity contribution in [3.8, 4) is 0 Å². The smallest absolute Gasteiger partial charge is 0.261 e. The minimum atomic E-state index is -3.84. The molecule has 0 aliphatic heterocycles. The van der Waals surface area contributed by atoms with Crippen molar-refractivity contribution in [2.45, 2.75) is 31.2 Å². The lowest BCUT2D eigenvalue weighted by Crippen LogP contribution is -2.55. The van der Waals surface area contributed by atoms with E-state index in [1.807, 2.05) is 20.8 Å². The molecular weight excluding hydrogens is 369 g/mol. The van der Waals surface area contributed by atoms with E-state index in [2.05, 4.69) is 10.0 Å². The van der Waals surface area contributed by atoms with E-state index >= 15 is 0 Å². The average molecular weight is 393 g/mol. The third kappa shape index (κ3) is 5.05. The van der Waals surface area contributed by atoms with E-state index in [4.69, 9.17) is 5.73 Å². The van der Waals surface area contributed by atoms with Crippen LogP contribution < -0.4 is 15.8 Å². The molecule has 2 rings (SSSR count). The van der Waals surface area contributed by atoms with Crippen LogP contribution in [-0.2, 0) is 10.0 Å². The Morgan fingerprint density at radius 1 is 1.11 bits per heavy atom. The van der Waals surface area contributed by atoms with Crippen molar-refractivity contribution in [3.05, 3.63) is 59.9 Å². The molecule has 1 atom stereocenters. The normalized spacial score (nSPS) is 13.9. The van der Waals surface area contributed by atoms with Gasteiger partial charge in [-0.25, -0.2) is 12.8 Å². The molecule has 27 heavy (non-hydrogen) atoms. The summed E-state index contributed by atoms with van der Waals surface area (Å²) < 4.78 is 40.0. The molecule has 0 saturated heterocycles. The van der Waals surface area contributed by atoms with E-state index in [1.165, 1.54) is 36.4 Å². The predicted molar refractivity (Wildman–Crippen MR) is 103 cm³/mol. The molecule has 2 aromatic carbocycles. The van der Waals surface area contributed by atoms with E-state index in [0.29, 0.717) is 17.8 Å². The van der Waals surface area contributed by atoms with Crippen molar-refractivity contribution < 1.29 is 17.6 Å². The van der Waals surface area contributed by atoms with Crippen LogP contribution in [0.15, 0.2) is 53.4 Å². The van der Waals surface area contributed by atoms with E-state index in [0.717, 1.165) is 12.1 Å². The predicted octanol–water partition coefficient (Wildman–Crippen LogP) is 2.73. The Balaban J connectivity index is 2.13. The Bertz CT molecular complexity index is 897. The molecule has 1 amide bonds. The highest BCUT2D eigenvalue weighted by molar-refractivity contribution is 7.92. The first-order valence-corrected chi connectivity index (χ1v) is 9.97. The van der Waals surface area contributed by atoms with Crippen LogP contribution in [0.5, 0.6) is 0 Å². The number of benzene rings is 2. The molecule has 0 fully saturated rings. The molecule has 1 unspecified atom stereocenters. The molecule has 6 nitrogen and oxygen atoms in total. The number of rotatable bonds is 7. The van der Waals surface area contributed by atoms with Crippen molar-refractivity contribution in [2.75, 3.05) is 11.3 Å². The van der Waals surface area contributed by atoms with Gasteiger partial charge in [0.15, 0.2) is 0 Å². The maximum absolute atomic E-state index is 13.0. The van der Waals surface area contributed by atoms with E-state index < -0.39 is 21.4 Å². The Kier molecular flexibility index (Phi) is 6.22. The topological polar surface area (TPSA) is 101 Å². The first kappa shape index (κ1) is 20.9. The quantitative estimate of drug-likeness (QED) is 0.673. The van der Waals surface area contributed by atoms with Gasteiger partial charge in [-0.2, -0.15) is 0 Å². The van der Waals surface area contributed by atoms with Crippen LogP contribution in [0.3, 0.4) is 0 Å². The number of carbonyl (C=O) groups excluding carboxylic acids is 1. The summed E-state index contributed by atoms with van der Waals surface area (Å²) in [6.45, 7) is 6.12. The van der Waals surface area contributed by atoms with Crippen LogP contribution >= 0.6 is 0 Å². The molecule has 146 valence electrons. The average Bonchev–Trinajstić information content (AvgIpc) is 2.62. The molecular formula is C19H24FN3O3S. The second-order valence-electron chi connectivity index (χ2n) is 6.87. The van der Waals surface area contributed by atoms with Crippen LogP contribution in [0.1, 0.15) is 31.1 Å². The number of hydrogen-bond acceptors (Lipinski definition) is 4. The van der Waals surface area contributed by atoms with Gasteiger partial charge in [-0.05, 0) is 61.4 Å². The number of amides is 1. The zero-order chi connectivity index (χ0) is 20.2. The Hall–Kier alpha value is -2.45. The van der Waals surface area contributed by atoms with Crippen LogP contribution in [0.4, 0.5) is 10.1 Å². The fourth-order valence-electron chi connectivity index (χ4n) is 2.28. The molecule has 0 heterocycles. The van der Waals surface area contributed by atoms with Gasteiger partial charge >= 0.3 is 0 Å². The van der Waals surface area contributed by atoms with Crippen LogP contribution in [0.25, 0.3) is 0 Å². The van der Waals surface area contributed by atoms with E-state index in [9.17, 15) is 17.6 Å². The maximum Gasteiger partial charge on any atom is 0.261 e. The highest BCUT2D eigenvalue weighted by Gasteiger charge is 2.28. The number of halogens is 1. The summed E-state index contributed by atoms with van der Waals surface area (Å²) in [5, 5.41) is 2.92. The standard InChI is InChI=1S/C19H24FN3O3S/c1-13(2)19(3,12-21)22-18(24)14-4-8-16(9-5-14)23-27(25,26)17-10-6-15(20)7-11-17/h4-11,13,23H,12,21H2,1-3H3,(H,22,24). The lowest BCUT2D eigenvalue weighted by molar-refractivity contribution is 0.0883. The van der Waals surface area contributed by atoms with Crippen LogP contribution in [0.2, 0.25) is 0 Å². The fourth-order valence-corrected chi connectivity index (χ4v) is 3.34. The highest BCUT2D eigenvalue weighted by Crippen LogP contribution is 2.19. The number of nitrogens with one attached hydrogen (secondary N) is 2. The number of nitrogens with two attached hydrogens (primary N) is 1. The summed E-state index contributed by atoms with van der Waals surface area (Å²) in [6, 6.07) is 10.5. The second-order valence-corrected chi connectivity index (χ2v) is 8.55. The summed E-state index contributed by atoms with van der Waals surface area (Å²) >= 11 is 0. The molecule has 4 N–H and O–H groups in total. The van der Waals surface area contributed by atoms with Crippen LogP contribution in [-0.4, -0.2) is 26.4 Å². The van der Waals surface area contributed by atoms with Crippen molar-refractivity contribution in [1.82, 2.24) is 5.32 Å². The monoisotopic (exact) mass is 393 g/mol. The summed E-state index contributed by atoms with van der Waals surface area (Å²) in [5.74, 6) is -0.659. The van der Waals surface area contributed by atoms with Gasteiger partial charge in [0.05, 0.1) is 10.4 Å². The second kappa shape index (κ2) is 8.06. The van der Waals surface area contributed by atoms with Crippen LogP contribution in [0, 0.1) is 11.7 Å². The summed E-state index contributed by atoms with van der Waals surface area (Å²) in [5.41, 5.74) is 5.92. The highest BCUT2D eigenvalue weighted by atomic mass is 32.2. The SMILES string of the molecule is CC(C)C(C)(CN)NC(=O)c1ccc(NS(=O)(=O)c2ccc(F)cc2)cc1. The molecule has 0 aromatic heterocycles. The number of sulfonamides is 1. The van der Waals surface area contributed by atoms with Crippen molar-refractivity contribution in [3.63, 3.8) is 0 Å². The van der Waals surface area contributed by atoms with Gasteiger partial charge in [0.25, 0.3) is 15.9 Å². The van der Waals surface area contributed by atoms with Gasteiger partial charge in [-0.1, -0.05) is 13.8 Å². The minimum absolute atomic E-state index is 0.0543. The van der Waals surface area contributed by atoms with Crippen molar-refractivity contribution in [1.29, 1.82) is 0 Å². The molecule has 2 aromatic rings. The largest absolute Gasteiger partial charge is 0.345 e. The Morgan fingerprint density at radius 2 is 1.67 bits per heavy atom. The Morgan fingerprint density at radius 3 is 2.15 bits per heavy atom. The molecule has 0 aliphatic carbocycles. The van der Waals surface area contributed by atoms with Crippen molar-refractivity contribution in [2.24, 2.45) is 11.7 Å². The Labute approximate surface area is 159 Å². The maximum atomic E-state index is 13.0. The zero-order valence-electron chi connectivity index (χ0n) is 15.5. The molecule has 8 heteroatoms. The van der Waals surface area contributed by atoms with Gasteiger partial charge in [0.1, 0.15) is 5.82 Å². The first-order valence-electron chi connectivity index (χ1n) is 8.48. The summed E-state index contributed by atoms with van der Waals surface area (Å²) in [7, 11) is -3.84. The van der Waals surface area contributed by atoms with Gasteiger partial charge < -0.3 is 11.1 Å². The summed E-state index contributed by atoms with van der Waals surface area (Å²) in [4.78, 5) is 12.4. The fraction of sp³-hybridized carbons (Fsp3) is 0.316. The van der Waals surface area contributed by atoms with Gasteiger partial charge in [-0.3, -0.25) is 9.52 Å². The first-order chi connectivity index (χ1) is 12.6. The molecule has 0 aliphatic rings. The van der Waals surface area contributed by atoms with E-state index in [-0.39, 0.29) is 16.7 Å².